The van der Waals surface area contributed by atoms with E-state index >= 15 is 0 Å². The molecule has 3 aromatic rings. The summed E-state index contributed by atoms with van der Waals surface area (Å²) >= 11 is 0. The predicted octanol–water partition coefficient (Wildman–Crippen LogP) is 4.58. The van der Waals surface area contributed by atoms with Crippen molar-refractivity contribution >= 4 is 12.1 Å². The van der Waals surface area contributed by atoms with Crippen LogP contribution in [0.2, 0.25) is 0 Å². The van der Waals surface area contributed by atoms with E-state index in [9.17, 15) is 14.7 Å². The van der Waals surface area contributed by atoms with Gasteiger partial charge in [0, 0.05) is 5.92 Å². The van der Waals surface area contributed by atoms with Crippen molar-refractivity contribution in [1.29, 1.82) is 10.5 Å². The molecule has 1 aliphatic rings. The second-order valence-corrected chi connectivity index (χ2v) is 8.32. The molecular formula is C28H23N3O5. The lowest BCUT2D eigenvalue weighted by Gasteiger charge is -2.17. The van der Waals surface area contributed by atoms with Gasteiger partial charge in [0.15, 0.2) is 0 Å². The summed E-state index contributed by atoms with van der Waals surface area (Å²) < 4.78 is 11.0. The first-order chi connectivity index (χ1) is 17.5. The molecule has 1 amide bonds. The van der Waals surface area contributed by atoms with E-state index in [0.29, 0.717) is 23.3 Å². The third-order valence-electron chi connectivity index (χ3n) is 6.00. The van der Waals surface area contributed by atoms with Gasteiger partial charge < -0.3 is 19.9 Å². The number of nitrogens with zero attached hydrogens (tertiary/aromatic N) is 2. The van der Waals surface area contributed by atoms with Crippen LogP contribution in [0.5, 0.6) is 5.75 Å². The molecule has 8 nitrogen and oxygen atoms in total. The summed E-state index contributed by atoms with van der Waals surface area (Å²) in [5.41, 5.74) is 4.94. The minimum absolute atomic E-state index is 0.0891. The standard InChI is InChI=1S/C28H23N3O5/c29-15-18-12-19(16-30)14-20(13-18)35-11-5-10-26(27(32)33)31-28(34)36-17-25-23-8-3-1-6-21(23)22-7-2-4-9-24(22)25/h1-4,6-9,12-14,25-26H,5,10-11,17H2,(H,31,34)(H,32,33)/t26-/m0/s1. The van der Waals surface area contributed by atoms with Crippen molar-refractivity contribution in [3.63, 3.8) is 0 Å². The molecule has 0 heterocycles. The maximum absolute atomic E-state index is 12.4. The number of hydrogen-bond donors (Lipinski definition) is 2. The molecule has 4 rings (SSSR count). The fourth-order valence-electron chi connectivity index (χ4n) is 4.33. The van der Waals surface area contributed by atoms with Gasteiger partial charge in [-0.2, -0.15) is 10.5 Å². The number of rotatable bonds is 9. The van der Waals surface area contributed by atoms with Gasteiger partial charge in [0.1, 0.15) is 18.4 Å². The molecule has 0 bridgehead atoms. The lowest BCUT2D eigenvalue weighted by Crippen LogP contribution is -2.41. The number of amides is 1. The number of ether oxygens (including phenoxy) is 2. The maximum Gasteiger partial charge on any atom is 0.407 e. The number of aliphatic carboxylic acids is 1. The van der Waals surface area contributed by atoms with E-state index in [1.165, 1.54) is 18.2 Å². The number of alkyl carbamates (subject to hydrolysis) is 1. The Morgan fingerprint density at radius 3 is 2.08 bits per heavy atom. The molecule has 180 valence electrons. The molecule has 0 saturated carbocycles. The normalized spacial score (nSPS) is 12.4. The average molecular weight is 482 g/mol. The Kier molecular flexibility index (Phi) is 7.48. The average Bonchev–Trinajstić information content (AvgIpc) is 3.22. The van der Waals surface area contributed by atoms with E-state index in [2.05, 4.69) is 5.32 Å². The number of carbonyl (C=O) groups is 2. The number of hydrogen-bond acceptors (Lipinski definition) is 6. The van der Waals surface area contributed by atoms with Gasteiger partial charge in [0.2, 0.25) is 0 Å². The van der Waals surface area contributed by atoms with Crippen LogP contribution in [-0.4, -0.2) is 36.4 Å². The maximum atomic E-state index is 12.4. The summed E-state index contributed by atoms with van der Waals surface area (Å²) in [5.74, 6) is -0.953. The SMILES string of the molecule is N#Cc1cc(C#N)cc(OCCC[C@H](NC(=O)OCC2c3ccccc3-c3ccccc32)C(=O)O)c1. The van der Waals surface area contributed by atoms with Gasteiger partial charge >= 0.3 is 12.1 Å². The van der Waals surface area contributed by atoms with Crippen LogP contribution in [0.1, 0.15) is 41.0 Å². The number of carbonyl (C=O) groups excluding carboxylic acids is 1. The van der Waals surface area contributed by atoms with Crippen molar-refractivity contribution in [2.24, 2.45) is 0 Å². The van der Waals surface area contributed by atoms with Gasteiger partial charge in [0.05, 0.1) is 29.9 Å². The Morgan fingerprint density at radius 2 is 1.53 bits per heavy atom. The number of fused-ring (bicyclic) bond motifs is 3. The minimum Gasteiger partial charge on any atom is -0.494 e. The Balaban J connectivity index is 1.30. The summed E-state index contributed by atoms with van der Waals surface area (Å²) in [4.78, 5) is 24.1. The minimum atomic E-state index is -1.18. The molecule has 36 heavy (non-hydrogen) atoms. The van der Waals surface area contributed by atoms with E-state index < -0.39 is 18.1 Å². The van der Waals surface area contributed by atoms with E-state index in [4.69, 9.17) is 20.0 Å². The summed E-state index contributed by atoms with van der Waals surface area (Å²) in [6, 6.07) is 23.1. The smallest absolute Gasteiger partial charge is 0.407 e. The summed E-state index contributed by atoms with van der Waals surface area (Å²) in [6.45, 7) is 0.238. The number of carboxylic acids is 1. The highest BCUT2D eigenvalue weighted by atomic mass is 16.5. The fourth-order valence-corrected chi connectivity index (χ4v) is 4.33. The van der Waals surface area contributed by atoms with Gasteiger partial charge in [-0.1, -0.05) is 48.5 Å². The highest BCUT2D eigenvalue weighted by molar-refractivity contribution is 5.81. The molecule has 0 spiro atoms. The fraction of sp³-hybridized carbons (Fsp3) is 0.214. The zero-order valence-electron chi connectivity index (χ0n) is 19.3. The van der Waals surface area contributed by atoms with Crippen molar-refractivity contribution in [2.75, 3.05) is 13.2 Å². The van der Waals surface area contributed by atoms with Crippen LogP contribution in [0.4, 0.5) is 4.79 Å². The van der Waals surface area contributed by atoms with Crippen LogP contribution in [0.25, 0.3) is 11.1 Å². The predicted molar refractivity (Wildman–Crippen MR) is 130 cm³/mol. The Labute approximate surface area is 208 Å². The zero-order chi connectivity index (χ0) is 25.5. The van der Waals surface area contributed by atoms with Gasteiger partial charge in [-0.3, -0.25) is 0 Å². The molecule has 2 N–H and O–H groups in total. The second kappa shape index (κ2) is 11.1. The number of nitriles is 2. The highest BCUT2D eigenvalue weighted by Gasteiger charge is 2.29. The molecule has 0 radical (unpaired) electrons. The van der Waals surface area contributed by atoms with E-state index in [-0.39, 0.29) is 25.6 Å². The van der Waals surface area contributed by atoms with Gasteiger partial charge in [-0.25, -0.2) is 9.59 Å². The molecule has 8 heteroatoms. The number of carboxylic acid groups (broad SMARTS) is 1. The Morgan fingerprint density at radius 1 is 0.944 bits per heavy atom. The first-order valence-electron chi connectivity index (χ1n) is 11.4. The number of benzene rings is 3. The van der Waals surface area contributed by atoms with Crippen LogP contribution in [-0.2, 0) is 9.53 Å². The van der Waals surface area contributed by atoms with Gasteiger partial charge in [-0.05, 0) is 53.3 Å². The molecule has 0 saturated heterocycles. The first kappa shape index (κ1) is 24.3. The van der Waals surface area contributed by atoms with Crippen molar-refractivity contribution in [1.82, 2.24) is 5.32 Å². The van der Waals surface area contributed by atoms with E-state index in [1.807, 2.05) is 60.7 Å². The van der Waals surface area contributed by atoms with Crippen molar-refractivity contribution in [2.45, 2.75) is 24.8 Å². The Hall–Kier alpha value is -4.82. The first-order valence-corrected chi connectivity index (χ1v) is 11.4. The molecule has 1 atom stereocenters. The third-order valence-corrected chi connectivity index (χ3v) is 6.00. The topological polar surface area (TPSA) is 132 Å². The molecule has 0 aromatic heterocycles. The lowest BCUT2D eigenvalue weighted by molar-refractivity contribution is -0.139. The number of nitrogens with one attached hydrogen (secondary N) is 1. The van der Waals surface area contributed by atoms with Crippen molar-refractivity contribution < 1.29 is 24.2 Å². The lowest BCUT2D eigenvalue weighted by atomic mass is 9.98. The second-order valence-electron chi connectivity index (χ2n) is 8.32. The van der Waals surface area contributed by atoms with Gasteiger partial charge in [-0.15, -0.1) is 0 Å². The third kappa shape index (κ3) is 5.45. The quantitative estimate of drug-likeness (QED) is 0.427. The molecule has 0 fully saturated rings. The molecule has 0 aliphatic heterocycles. The van der Waals surface area contributed by atoms with Crippen LogP contribution in [0.15, 0.2) is 66.7 Å². The molecule has 0 unspecified atom stereocenters. The van der Waals surface area contributed by atoms with Crippen molar-refractivity contribution in [3.05, 3.63) is 89.0 Å². The molecule has 1 aliphatic carbocycles. The van der Waals surface area contributed by atoms with Crippen molar-refractivity contribution in [3.8, 4) is 29.0 Å². The highest BCUT2D eigenvalue weighted by Crippen LogP contribution is 2.44. The van der Waals surface area contributed by atoms with Crippen LogP contribution in [0, 0.1) is 22.7 Å². The van der Waals surface area contributed by atoms with E-state index in [0.717, 1.165) is 22.3 Å². The van der Waals surface area contributed by atoms with Crippen LogP contribution < -0.4 is 10.1 Å². The zero-order valence-corrected chi connectivity index (χ0v) is 19.3. The largest absolute Gasteiger partial charge is 0.494 e. The van der Waals surface area contributed by atoms with Crippen LogP contribution in [0.3, 0.4) is 0 Å². The molecular weight excluding hydrogens is 458 g/mol. The van der Waals surface area contributed by atoms with Crippen LogP contribution >= 0.6 is 0 Å². The molecule has 3 aromatic carbocycles. The van der Waals surface area contributed by atoms with E-state index in [1.54, 1.807) is 0 Å². The summed E-state index contributed by atoms with van der Waals surface area (Å²) in [7, 11) is 0. The monoisotopic (exact) mass is 481 g/mol. The summed E-state index contributed by atoms with van der Waals surface area (Å²) in [5, 5.41) is 30.1. The summed E-state index contributed by atoms with van der Waals surface area (Å²) in [6.07, 6.45) is -0.368. The van der Waals surface area contributed by atoms with Gasteiger partial charge in [0.25, 0.3) is 0 Å². The Bertz CT molecular complexity index is 1290.